The average Bonchev–Trinajstić information content (AvgIpc) is 2.52. The number of hydrogen-bond donors (Lipinski definition) is 2. The number of carboxylic acids is 1. The predicted octanol–water partition coefficient (Wildman–Crippen LogP) is 3.59. The SMILES string of the molecule is Cc1ccccc1C(NC(=O)N1CCC(C(=O)O)CC1)C(C)(C)C. The normalized spacial score (nSPS) is 17.4. The van der Waals surface area contributed by atoms with Gasteiger partial charge in [-0.1, -0.05) is 45.0 Å². The Balaban J connectivity index is 2.09. The highest BCUT2D eigenvalue weighted by molar-refractivity contribution is 5.76. The third kappa shape index (κ3) is 4.28. The van der Waals surface area contributed by atoms with Crippen LogP contribution in [0.1, 0.15) is 50.8 Å². The standard InChI is InChI=1S/C19H28N2O3/c1-13-7-5-6-8-15(13)16(19(2,3)4)20-18(24)21-11-9-14(10-12-21)17(22)23/h5-8,14,16H,9-12H2,1-4H3,(H,20,24)(H,22,23). The van der Waals surface area contributed by atoms with Crippen molar-refractivity contribution in [2.24, 2.45) is 11.3 Å². The molecule has 5 nitrogen and oxygen atoms in total. The Morgan fingerprint density at radius 2 is 1.79 bits per heavy atom. The molecule has 1 heterocycles. The van der Waals surface area contributed by atoms with Crippen LogP contribution in [0.25, 0.3) is 0 Å². The smallest absolute Gasteiger partial charge is 0.317 e. The Morgan fingerprint density at radius 3 is 2.29 bits per heavy atom. The molecule has 2 rings (SSSR count). The molecule has 1 aliphatic rings. The fourth-order valence-electron chi connectivity index (χ4n) is 3.22. The fourth-order valence-corrected chi connectivity index (χ4v) is 3.22. The van der Waals surface area contributed by atoms with Crippen molar-refractivity contribution in [2.45, 2.75) is 46.6 Å². The second kappa shape index (κ2) is 7.24. The number of amides is 2. The molecule has 0 radical (unpaired) electrons. The Hall–Kier alpha value is -2.04. The maximum atomic E-state index is 12.7. The molecule has 1 atom stereocenters. The summed E-state index contributed by atoms with van der Waals surface area (Å²) in [6, 6.07) is 7.90. The van der Waals surface area contributed by atoms with E-state index in [0.29, 0.717) is 25.9 Å². The van der Waals surface area contributed by atoms with Crippen LogP contribution in [0.15, 0.2) is 24.3 Å². The van der Waals surface area contributed by atoms with Crippen LogP contribution < -0.4 is 5.32 Å². The monoisotopic (exact) mass is 332 g/mol. The lowest BCUT2D eigenvalue weighted by Crippen LogP contribution is -2.48. The third-order valence-corrected chi connectivity index (χ3v) is 4.76. The lowest BCUT2D eigenvalue weighted by molar-refractivity contribution is -0.143. The van der Waals surface area contributed by atoms with Gasteiger partial charge < -0.3 is 15.3 Å². The van der Waals surface area contributed by atoms with Gasteiger partial charge in [0.2, 0.25) is 0 Å². The molecular formula is C19H28N2O3. The minimum atomic E-state index is -0.762. The molecule has 1 saturated heterocycles. The molecule has 5 heteroatoms. The summed E-state index contributed by atoms with van der Waals surface area (Å²) in [7, 11) is 0. The van der Waals surface area contributed by atoms with Gasteiger partial charge in [0.25, 0.3) is 0 Å². The van der Waals surface area contributed by atoms with Gasteiger partial charge in [-0.25, -0.2) is 4.79 Å². The van der Waals surface area contributed by atoms with E-state index in [4.69, 9.17) is 5.11 Å². The van der Waals surface area contributed by atoms with Gasteiger partial charge in [0.1, 0.15) is 0 Å². The number of rotatable bonds is 3. The topological polar surface area (TPSA) is 69.6 Å². The molecule has 1 unspecified atom stereocenters. The summed E-state index contributed by atoms with van der Waals surface area (Å²) in [4.78, 5) is 25.5. The zero-order valence-electron chi connectivity index (χ0n) is 15.0. The molecule has 1 aromatic rings. The second-order valence-corrected chi connectivity index (χ2v) is 7.70. The summed E-state index contributed by atoms with van der Waals surface area (Å²) in [5, 5.41) is 12.2. The zero-order chi connectivity index (χ0) is 17.9. The number of carboxylic acid groups (broad SMARTS) is 1. The van der Waals surface area contributed by atoms with E-state index < -0.39 is 5.97 Å². The number of carbonyl (C=O) groups is 2. The van der Waals surface area contributed by atoms with Gasteiger partial charge in [-0.05, 0) is 36.3 Å². The maximum absolute atomic E-state index is 12.7. The van der Waals surface area contributed by atoms with Gasteiger partial charge in [0.05, 0.1) is 12.0 Å². The van der Waals surface area contributed by atoms with E-state index in [2.05, 4.69) is 45.1 Å². The molecule has 24 heavy (non-hydrogen) atoms. The first kappa shape index (κ1) is 18.3. The molecule has 0 saturated carbocycles. The van der Waals surface area contributed by atoms with E-state index in [1.165, 1.54) is 0 Å². The number of urea groups is 1. The van der Waals surface area contributed by atoms with E-state index in [0.717, 1.165) is 11.1 Å². The minimum Gasteiger partial charge on any atom is -0.481 e. The highest BCUT2D eigenvalue weighted by Gasteiger charge is 2.32. The Kier molecular flexibility index (Phi) is 5.52. The second-order valence-electron chi connectivity index (χ2n) is 7.70. The van der Waals surface area contributed by atoms with Gasteiger partial charge in [0.15, 0.2) is 0 Å². The van der Waals surface area contributed by atoms with Crippen molar-refractivity contribution in [1.82, 2.24) is 10.2 Å². The molecule has 1 aromatic carbocycles. The van der Waals surface area contributed by atoms with Crippen LogP contribution in [0.3, 0.4) is 0 Å². The lowest BCUT2D eigenvalue weighted by atomic mass is 9.81. The van der Waals surface area contributed by atoms with Crippen molar-refractivity contribution in [1.29, 1.82) is 0 Å². The fraction of sp³-hybridized carbons (Fsp3) is 0.579. The number of nitrogens with zero attached hydrogens (tertiary/aromatic N) is 1. The van der Waals surface area contributed by atoms with Crippen LogP contribution in [0.5, 0.6) is 0 Å². The van der Waals surface area contributed by atoms with E-state index in [-0.39, 0.29) is 23.4 Å². The van der Waals surface area contributed by atoms with Gasteiger partial charge in [-0.15, -0.1) is 0 Å². The van der Waals surface area contributed by atoms with Crippen molar-refractivity contribution in [3.05, 3.63) is 35.4 Å². The number of nitrogens with one attached hydrogen (secondary N) is 1. The van der Waals surface area contributed by atoms with Crippen LogP contribution in [-0.4, -0.2) is 35.1 Å². The first-order valence-corrected chi connectivity index (χ1v) is 8.54. The minimum absolute atomic E-state index is 0.0941. The predicted molar refractivity (Wildman–Crippen MR) is 93.8 cm³/mol. The molecule has 1 fully saturated rings. The average molecular weight is 332 g/mol. The number of aryl methyl sites for hydroxylation is 1. The molecule has 0 bridgehead atoms. The number of carbonyl (C=O) groups excluding carboxylic acids is 1. The van der Waals surface area contributed by atoms with E-state index in [1.807, 2.05) is 12.1 Å². The van der Waals surface area contributed by atoms with Crippen molar-refractivity contribution < 1.29 is 14.7 Å². The van der Waals surface area contributed by atoms with Gasteiger partial charge in [0, 0.05) is 13.1 Å². The molecule has 0 aromatic heterocycles. The van der Waals surface area contributed by atoms with Gasteiger partial charge in [-0.3, -0.25) is 4.79 Å². The van der Waals surface area contributed by atoms with Crippen LogP contribution in [0.2, 0.25) is 0 Å². The quantitative estimate of drug-likeness (QED) is 0.889. The molecule has 2 amide bonds. The number of hydrogen-bond acceptors (Lipinski definition) is 2. The van der Waals surface area contributed by atoms with Crippen molar-refractivity contribution in [3.63, 3.8) is 0 Å². The third-order valence-electron chi connectivity index (χ3n) is 4.76. The first-order valence-electron chi connectivity index (χ1n) is 8.54. The van der Waals surface area contributed by atoms with Crippen LogP contribution in [-0.2, 0) is 4.79 Å². The Labute approximate surface area is 144 Å². The highest BCUT2D eigenvalue weighted by Crippen LogP contribution is 2.34. The Morgan fingerprint density at radius 1 is 1.21 bits per heavy atom. The molecule has 2 N–H and O–H groups in total. The van der Waals surface area contributed by atoms with E-state index >= 15 is 0 Å². The largest absolute Gasteiger partial charge is 0.481 e. The van der Waals surface area contributed by atoms with Crippen molar-refractivity contribution in [3.8, 4) is 0 Å². The molecule has 132 valence electrons. The molecular weight excluding hydrogens is 304 g/mol. The first-order chi connectivity index (χ1) is 11.2. The number of piperidine rings is 1. The molecule has 0 aliphatic carbocycles. The van der Waals surface area contributed by atoms with Crippen molar-refractivity contribution in [2.75, 3.05) is 13.1 Å². The summed E-state index contributed by atoms with van der Waals surface area (Å²) in [5.74, 6) is -1.09. The molecule has 0 spiro atoms. The van der Waals surface area contributed by atoms with Crippen LogP contribution >= 0.6 is 0 Å². The number of benzene rings is 1. The van der Waals surface area contributed by atoms with Crippen molar-refractivity contribution >= 4 is 12.0 Å². The summed E-state index contributed by atoms with van der Waals surface area (Å²) < 4.78 is 0. The lowest BCUT2D eigenvalue weighted by Gasteiger charge is -2.36. The summed E-state index contributed by atoms with van der Waals surface area (Å²) in [6.45, 7) is 9.38. The zero-order valence-corrected chi connectivity index (χ0v) is 15.0. The van der Waals surface area contributed by atoms with E-state index in [9.17, 15) is 9.59 Å². The summed E-state index contributed by atoms with van der Waals surface area (Å²) >= 11 is 0. The van der Waals surface area contributed by atoms with Crippen LogP contribution in [0, 0.1) is 18.3 Å². The number of aliphatic carboxylic acids is 1. The van der Waals surface area contributed by atoms with Crippen LogP contribution in [0.4, 0.5) is 4.79 Å². The van der Waals surface area contributed by atoms with Gasteiger partial charge in [-0.2, -0.15) is 0 Å². The van der Waals surface area contributed by atoms with Gasteiger partial charge >= 0.3 is 12.0 Å². The molecule has 1 aliphatic heterocycles. The number of likely N-dealkylation sites (tertiary alicyclic amines) is 1. The summed E-state index contributed by atoms with van der Waals surface area (Å²) in [5.41, 5.74) is 2.15. The highest BCUT2D eigenvalue weighted by atomic mass is 16.4. The van der Waals surface area contributed by atoms with E-state index in [1.54, 1.807) is 4.90 Å². The summed E-state index contributed by atoms with van der Waals surface area (Å²) in [6.07, 6.45) is 1.04. The Bertz CT molecular complexity index is 599. The maximum Gasteiger partial charge on any atom is 0.317 e.